The minimum atomic E-state index is -3.74. The second kappa shape index (κ2) is 9.93. The number of aliphatic hydroxyl groups is 2. The molecule has 0 amide bonds. The second-order valence-electron chi connectivity index (χ2n) is 8.50. The van der Waals surface area contributed by atoms with Gasteiger partial charge in [-0.15, -0.1) is 0 Å². The lowest BCUT2D eigenvalue weighted by atomic mass is 9.95. The van der Waals surface area contributed by atoms with E-state index in [1.807, 2.05) is 6.07 Å². The quantitative estimate of drug-likeness (QED) is 0.620. The fraction of sp³-hybridized carbons (Fsp3) is 0.478. The minimum absolute atomic E-state index is 0.0604. The molecule has 0 radical (unpaired) electrons. The molecule has 1 fully saturated rings. The van der Waals surface area contributed by atoms with Crippen LogP contribution in [0.25, 0.3) is 0 Å². The Morgan fingerprint density at radius 2 is 1.88 bits per heavy atom. The number of sulfonamides is 1. The summed E-state index contributed by atoms with van der Waals surface area (Å²) in [6.07, 6.45) is -0.0397. The lowest BCUT2D eigenvalue weighted by molar-refractivity contribution is -0.0756. The fourth-order valence-corrected chi connectivity index (χ4v) is 5.91. The van der Waals surface area contributed by atoms with E-state index in [4.69, 9.17) is 9.84 Å². The first-order valence-electron chi connectivity index (χ1n) is 10.5. The van der Waals surface area contributed by atoms with Crippen molar-refractivity contribution >= 4 is 10.0 Å². The Labute approximate surface area is 187 Å². The maximum atomic E-state index is 14.9. The molecule has 1 saturated heterocycles. The topological polar surface area (TPSA) is 87.1 Å². The molecule has 1 aliphatic rings. The zero-order valence-corrected chi connectivity index (χ0v) is 19.0. The van der Waals surface area contributed by atoms with Crippen molar-refractivity contribution in [3.63, 3.8) is 0 Å². The average molecular weight is 470 g/mol. The highest BCUT2D eigenvalue weighted by molar-refractivity contribution is 7.89. The van der Waals surface area contributed by atoms with Gasteiger partial charge in [0.15, 0.2) is 0 Å². The van der Waals surface area contributed by atoms with Crippen molar-refractivity contribution in [1.82, 2.24) is 4.31 Å². The molecule has 9 heteroatoms. The van der Waals surface area contributed by atoms with Gasteiger partial charge < -0.3 is 14.9 Å². The van der Waals surface area contributed by atoms with Crippen LogP contribution in [-0.4, -0.2) is 48.8 Å². The largest absolute Gasteiger partial charge is 0.394 e. The molecule has 3 rings (SSSR count). The van der Waals surface area contributed by atoms with Crippen LogP contribution in [0, 0.1) is 11.6 Å². The van der Waals surface area contributed by atoms with Crippen LogP contribution in [0.5, 0.6) is 0 Å². The lowest BCUT2D eigenvalue weighted by Gasteiger charge is -2.33. The third-order valence-electron chi connectivity index (χ3n) is 5.74. The monoisotopic (exact) mass is 469 g/mol. The Balaban J connectivity index is 1.82. The van der Waals surface area contributed by atoms with E-state index in [0.29, 0.717) is 18.4 Å². The number of rotatable bonds is 8. The molecule has 176 valence electrons. The molecule has 0 spiro atoms. The number of benzene rings is 2. The Bertz CT molecular complexity index is 1030. The van der Waals surface area contributed by atoms with Crippen LogP contribution < -0.4 is 0 Å². The van der Waals surface area contributed by atoms with Crippen molar-refractivity contribution in [1.29, 1.82) is 0 Å². The van der Waals surface area contributed by atoms with E-state index in [2.05, 4.69) is 0 Å². The van der Waals surface area contributed by atoms with Gasteiger partial charge >= 0.3 is 0 Å². The van der Waals surface area contributed by atoms with Crippen molar-refractivity contribution in [3.8, 4) is 0 Å². The van der Waals surface area contributed by atoms with Gasteiger partial charge in [0.25, 0.3) is 0 Å². The van der Waals surface area contributed by atoms with Gasteiger partial charge in [0, 0.05) is 24.2 Å². The number of ether oxygens (including phenoxy) is 1. The molecule has 32 heavy (non-hydrogen) atoms. The van der Waals surface area contributed by atoms with E-state index >= 15 is 0 Å². The Kier molecular flexibility index (Phi) is 7.67. The van der Waals surface area contributed by atoms with Crippen molar-refractivity contribution in [2.75, 3.05) is 19.8 Å². The van der Waals surface area contributed by atoms with Crippen LogP contribution in [0.2, 0.25) is 0 Å². The van der Waals surface area contributed by atoms with Crippen molar-refractivity contribution in [3.05, 3.63) is 70.8 Å². The summed E-state index contributed by atoms with van der Waals surface area (Å²) < 4.78 is 62.8. The van der Waals surface area contributed by atoms with Crippen molar-refractivity contribution in [2.45, 2.75) is 50.2 Å². The molecule has 0 unspecified atom stereocenters. The number of hydrogen-bond acceptors (Lipinski definition) is 5. The van der Waals surface area contributed by atoms with Crippen molar-refractivity contribution < 1.29 is 32.1 Å². The maximum absolute atomic E-state index is 14.9. The number of nitrogens with zero attached hydrogens (tertiary/aromatic N) is 1. The van der Waals surface area contributed by atoms with Crippen LogP contribution in [0.4, 0.5) is 8.78 Å². The Hall–Kier alpha value is -1.91. The van der Waals surface area contributed by atoms with Crippen LogP contribution in [0.15, 0.2) is 42.5 Å². The van der Waals surface area contributed by atoms with Gasteiger partial charge in [0.2, 0.25) is 10.0 Å². The SMILES string of the molecule is CC(C)(OC[C@H](O)CO)c1cc(F)c(CN2CCC[C@H](c3ccccc3)S2(=O)=O)cc1F. The van der Waals surface area contributed by atoms with Gasteiger partial charge in [-0.2, -0.15) is 4.31 Å². The van der Waals surface area contributed by atoms with E-state index in [0.717, 1.165) is 12.1 Å². The smallest absolute Gasteiger partial charge is 0.221 e. The zero-order chi connectivity index (χ0) is 23.5. The van der Waals surface area contributed by atoms with E-state index in [1.165, 1.54) is 18.2 Å². The number of hydrogen-bond donors (Lipinski definition) is 2. The van der Waals surface area contributed by atoms with E-state index in [-0.39, 0.29) is 30.8 Å². The standard InChI is InChI=1S/C23H29F2NO5S/c1-23(2,31-15-18(28)14-27)19-12-20(24)17(11-21(19)25)13-26-10-6-9-22(32(26,29)30)16-7-4-3-5-8-16/h3-5,7-8,11-12,18,22,27-28H,6,9-10,13-15H2,1-2H3/t18-,22-/m1/s1. The molecular formula is C23H29F2NO5S. The molecular weight excluding hydrogens is 440 g/mol. The summed E-state index contributed by atoms with van der Waals surface area (Å²) in [4.78, 5) is 0. The normalized spacial score (nSPS) is 20.2. The third-order valence-corrected chi connectivity index (χ3v) is 8.00. The van der Waals surface area contributed by atoms with Crippen LogP contribution >= 0.6 is 0 Å². The number of aliphatic hydroxyl groups excluding tert-OH is 2. The van der Waals surface area contributed by atoms with Gasteiger partial charge in [-0.3, -0.25) is 0 Å². The van der Waals surface area contributed by atoms with Crippen molar-refractivity contribution in [2.24, 2.45) is 0 Å². The highest BCUT2D eigenvalue weighted by Crippen LogP contribution is 2.36. The maximum Gasteiger partial charge on any atom is 0.221 e. The fourth-order valence-electron chi connectivity index (χ4n) is 3.88. The molecule has 2 atom stereocenters. The van der Waals surface area contributed by atoms with Gasteiger partial charge in [-0.1, -0.05) is 30.3 Å². The zero-order valence-electron chi connectivity index (χ0n) is 18.2. The molecule has 6 nitrogen and oxygen atoms in total. The highest BCUT2D eigenvalue weighted by Gasteiger charge is 2.37. The van der Waals surface area contributed by atoms with E-state index in [1.54, 1.807) is 24.3 Å². The highest BCUT2D eigenvalue weighted by atomic mass is 32.2. The molecule has 0 saturated carbocycles. The minimum Gasteiger partial charge on any atom is -0.394 e. The van der Waals surface area contributed by atoms with E-state index < -0.39 is 45.2 Å². The molecule has 1 aliphatic heterocycles. The average Bonchev–Trinajstić information content (AvgIpc) is 2.76. The number of halogens is 2. The summed E-state index contributed by atoms with van der Waals surface area (Å²) in [6, 6.07) is 10.9. The summed E-state index contributed by atoms with van der Waals surface area (Å²) in [7, 11) is -3.74. The molecule has 0 aliphatic carbocycles. The summed E-state index contributed by atoms with van der Waals surface area (Å²) in [5.74, 6) is -1.48. The third kappa shape index (κ3) is 5.35. The molecule has 2 N–H and O–H groups in total. The first-order chi connectivity index (χ1) is 15.1. The predicted octanol–water partition coefficient (Wildman–Crippen LogP) is 3.24. The summed E-state index contributed by atoms with van der Waals surface area (Å²) in [5, 5.41) is 17.7. The van der Waals surface area contributed by atoms with Gasteiger partial charge in [-0.25, -0.2) is 17.2 Å². The van der Waals surface area contributed by atoms with Gasteiger partial charge in [-0.05, 0) is 44.4 Å². The summed E-state index contributed by atoms with van der Waals surface area (Å²) in [6.45, 7) is 2.25. The molecule has 0 aromatic heterocycles. The Morgan fingerprint density at radius 3 is 2.53 bits per heavy atom. The first kappa shape index (κ1) is 24.7. The molecule has 2 aromatic carbocycles. The molecule has 1 heterocycles. The van der Waals surface area contributed by atoms with Crippen LogP contribution in [0.1, 0.15) is 48.6 Å². The second-order valence-corrected chi connectivity index (χ2v) is 10.6. The van der Waals surface area contributed by atoms with Gasteiger partial charge in [0.1, 0.15) is 23.0 Å². The van der Waals surface area contributed by atoms with Gasteiger partial charge in [0.05, 0.1) is 18.8 Å². The molecule has 0 bridgehead atoms. The summed E-state index contributed by atoms with van der Waals surface area (Å²) >= 11 is 0. The predicted molar refractivity (Wildman–Crippen MR) is 116 cm³/mol. The lowest BCUT2D eigenvalue weighted by Crippen LogP contribution is -2.39. The first-order valence-corrected chi connectivity index (χ1v) is 12.0. The summed E-state index contributed by atoms with van der Waals surface area (Å²) in [5.41, 5.74) is -0.708. The van der Waals surface area contributed by atoms with E-state index in [9.17, 15) is 22.3 Å². The van der Waals surface area contributed by atoms with Crippen LogP contribution in [0.3, 0.4) is 0 Å². The molecule has 2 aromatic rings. The Morgan fingerprint density at radius 1 is 1.19 bits per heavy atom. The van der Waals surface area contributed by atoms with Crippen LogP contribution in [-0.2, 0) is 26.9 Å².